The molecule has 1 rings (SSSR count). The van der Waals surface area contributed by atoms with Gasteiger partial charge in [0, 0.05) is 19.5 Å². The summed E-state index contributed by atoms with van der Waals surface area (Å²) < 4.78 is 5.44. The van der Waals surface area contributed by atoms with E-state index in [1.165, 1.54) is 16.7 Å². The van der Waals surface area contributed by atoms with Gasteiger partial charge in [0.2, 0.25) is 11.8 Å². The van der Waals surface area contributed by atoms with Crippen LogP contribution in [0.15, 0.2) is 34.3 Å². The second-order valence-corrected chi connectivity index (χ2v) is 3.89. The number of anilines is 1. The molecule has 0 aliphatic rings. The minimum atomic E-state index is 0.0388. The maximum atomic E-state index is 11.6. The van der Waals surface area contributed by atoms with Crippen LogP contribution in [0.5, 0.6) is 0 Å². The normalized spacial score (nSPS) is 10.0. The number of carbonyl (C=O) groups excluding carboxylic acids is 1. The fourth-order valence-electron chi connectivity index (χ4n) is 1.12. The fourth-order valence-corrected chi connectivity index (χ4v) is 1.49. The zero-order chi connectivity index (χ0) is 11.3. The molecule has 0 aliphatic carbocycles. The van der Waals surface area contributed by atoms with Crippen LogP contribution in [0.4, 0.5) is 5.88 Å². The van der Waals surface area contributed by atoms with Gasteiger partial charge in [-0.05, 0) is 18.7 Å². The standard InChI is InChI=1S/C11H15NO2S/c1-4-5-6-9(13)12(2)10-7-8-11(14-10)15-3/h4,7-8H,1,5-6H2,2-3H3. The van der Waals surface area contributed by atoms with E-state index >= 15 is 0 Å². The summed E-state index contributed by atoms with van der Waals surface area (Å²) >= 11 is 1.52. The molecule has 0 fully saturated rings. The van der Waals surface area contributed by atoms with Crippen LogP contribution in [-0.4, -0.2) is 19.2 Å². The highest BCUT2D eigenvalue weighted by molar-refractivity contribution is 7.98. The Morgan fingerprint density at radius 2 is 2.40 bits per heavy atom. The van der Waals surface area contributed by atoms with Crippen molar-refractivity contribution in [2.45, 2.75) is 17.9 Å². The van der Waals surface area contributed by atoms with Crippen molar-refractivity contribution in [1.29, 1.82) is 0 Å². The number of amides is 1. The summed E-state index contributed by atoms with van der Waals surface area (Å²) in [6.07, 6.45) is 4.83. The van der Waals surface area contributed by atoms with Gasteiger partial charge < -0.3 is 4.42 Å². The lowest BCUT2D eigenvalue weighted by atomic mass is 10.3. The van der Waals surface area contributed by atoms with Crippen molar-refractivity contribution in [3.05, 3.63) is 24.8 Å². The van der Waals surface area contributed by atoms with Crippen LogP contribution < -0.4 is 4.90 Å². The van der Waals surface area contributed by atoms with E-state index in [1.807, 2.05) is 12.3 Å². The van der Waals surface area contributed by atoms with Gasteiger partial charge in [-0.1, -0.05) is 17.8 Å². The Morgan fingerprint density at radius 1 is 1.67 bits per heavy atom. The van der Waals surface area contributed by atoms with Crippen LogP contribution in [0.2, 0.25) is 0 Å². The molecule has 1 aromatic rings. The van der Waals surface area contributed by atoms with Crippen molar-refractivity contribution in [2.24, 2.45) is 0 Å². The average molecular weight is 225 g/mol. The molecule has 0 spiro atoms. The van der Waals surface area contributed by atoms with E-state index < -0.39 is 0 Å². The Balaban J connectivity index is 2.62. The number of nitrogens with zero attached hydrogens (tertiary/aromatic N) is 1. The third-order valence-electron chi connectivity index (χ3n) is 2.04. The second-order valence-electron chi connectivity index (χ2n) is 3.08. The van der Waals surface area contributed by atoms with Crippen LogP contribution in [0.3, 0.4) is 0 Å². The summed E-state index contributed by atoms with van der Waals surface area (Å²) in [4.78, 5) is 13.1. The van der Waals surface area contributed by atoms with Crippen LogP contribution in [0.25, 0.3) is 0 Å². The summed E-state index contributed by atoms with van der Waals surface area (Å²) in [5, 5.41) is 0.813. The van der Waals surface area contributed by atoms with Crippen molar-refractivity contribution in [1.82, 2.24) is 0 Å². The zero-order valence-electron chi connectivity index (χ0n) is 9.03. The predicted octanol–water partition coefficient (Wildman–Crippen LogP) is 2.93. The molecule has 1 heterocycles. The van der Waals surface area contributed by atoms with Crippen LogP contribution in [0, 0.1) is 0 Å². The lowest BCUT2D eigenvalue weighted by molar-refractivity contribution is -0.118. The first-order valence-corrected chi connectivity index (χ1v) is 5.92. The van der Waals surface area contributed by atoms with Gasteiger partial charge in [-0.15, -0.1) is 6.58 Å². The van der Waals surface area contributed by atoms with Crippen LogP contribution in [0.1, 0.15) is 12.8 Å². The first kappa shape index (κ1) is 11.9. The lowest BCUT2D eigenvalue weighted by Crippen LogP contribution is -2.25. The fraction of sp³-hybridized carbons (Fsp3) is 0.364. The lowest BCUT2D eigenvalue weighted by Gasteiger charge is -2.12. The molecule has 1 aromatic heterocycles. The third kappa shape index (κ3) is 3.16. The Bertz CT molecular complexity index is 346. The number of furan rings is 1. The molecule has 0 saturated heterocycles. The number of allylic oxidation sites excluding steroid dienone is 1. The summed E-state index contributed by atoms with van der Waals surface area (Å²) in [5.74, 6) is 0.630. The maximum Gasteiger partial charge on any atom is 0.229 e. The van der Waals surface area contributed by atoms with Gasteiger partial charge in [0.1, 0.15) is 0 Å². The molecule has 0 N–H and O–H groups in total. The Labute approximate surface area is 94.1 Å². The first-order chi connectivity index (χ1) is 7.19. The molecule has 0 atom stereocenters. The zero-order valence-corrected chi connectivity index (χ0v) is 9.84. The monoisotopic (exact) mass is 225 g/mol. The Kier molecular flexibility index (Phi) is 4.49. The van der Waals surface area contributed by atoms with Gasteiger partial charge in [0.25, 0.3) is 0 Å². The highest BCUT2D eigenvalue weighted by Gasteiger charge is 2.13. The maximum absolute atomic E-state index is 11.6. The SMILES string of the molecule is C=CCCC(=O)N(C)c1ccc(SC)o1. The minimum Gasteiger partial charge on any atom is -0.434 e. The molecule has 0 unspecified atom stereocenters. The van der Waals surface area contributed by atoms with E-state index in [4.69, 9.17) is 4.42 Å². The smallest absolute Gasteiger partial charge is 0.229 e. The van der Waals surface area contributed by atoms with Gasteiger partial charge in [0.15, 0.2) is 5.09 Å². The molecule has 15 heavy (non-hydrogen) atoms. The number of hydrogen-bond donors (Lipinski definition) is 0. The van der Waals surface area contributed by atoms with Gasteiger partial charge in [-0.3, -0.25) is 9.69 Å². The van der Waals surface area contributed by atoms with E-state index in [2.05, 4.69) is 6.58 Å². The number of hydrogen-bond acceptors (Lipinski definition) is 3. The van der Waals surface area contributed by atoms with E-state index in [0.29, 0.717) is 18.7 Å². The first-order valence-electron chi connectivity index (χ1n) is 4.70. The van der Waals surface area contributed by atoms with E-state index in [9.17, 15) is 4.79 Å². The highest BCUT2D eigenvalue weighted by atomic mass is 32.2. The highest BCUT2D eigenvalue weighted by Crippen LogP contribution is 2.24. The molecule has 3 nitrogen and oxygen atoms in total. The Hall–Kier alpha value is -1.16. The molecule has 82 valence electrons. The summed E-state index contributed by atoms with van der Waals surface area (Å²) in [6.45, 7) is 3.58. The summed E-state index contributed by atoms with van der Waals surface area (Å²) in [5.41, 5.74) is 0. The largest absolute Gasteiger partial charge is 0.434 e. The van der Waals surface area contributed by atoms with Crippen molar-refractivity contribution in [3.8, 4) is 0 Å². The summed E-state index contributed by atoms with van der Waals surface area (Å²) in [6, 6.07) is 3.66. The number of carbonyl (C=O) groups is 1. The summed E-state index contributed by atoms with van der Waals surface area (Å²) in [7, 11) is 1.72. The molecule has 1 amide bonds. The van der Waals surface area contributed by atoms with Crippen LogP contribution in [-0.2, 0) is 4.79 Å². The number of rotatable bonds is 5. The molecular weight excluding hydrogens is 210 g/mol. The third-order valence-corrected chi connectivity index (χ3v) is 2.66. The minimum absolute atomic E-state index is 0.0388. The topological polar surface area (TPSA) is 33.5 Å². The van der Waals surface area contributed by atoms with Gasteiger partial charge in [0.05, 0.1) is 0 Å². The molecule has 0 aromatic carbocycles. The molecule has 0 radical (unpaired) electrons. The van der Waals surface area contributed by atoms with Crippen molar-refractivity contribution >= 4 is 23.6 Å². The number of thioether (sulfide) groups is 1. The van der Waals surface area contributed by atoms with Gasteiger partial charge in [-0.25, -0.2) is 0 Å². The van der Waals surface area contributed by atoms with Crippen LogP contribution >= 0.6 is 11.8 Å². The molecule has 0 saturated carbocycles. The molecule has 0 aliphatic heterocycles. The quantitative estimate of drug-likeness (QED) is 0.570. The van der Waals surface area contributed by atoms with Crippen molar-refractivity contribution in [3.63, 3.8) is 0 Å². The van der Waals surface area contributed by atoms with Crippen molar-refractivity contribution in [2.75, 3.05) is 18.2 Å². The molecular formula is C11H15NO2S. The van der Waals surface area contributed by atoms with E-state index in [-0.39, 0.29) is 5.91 Å². The van der Waals surface area contributed by atoms with Crippen molar-refractivity contribution < 1.29 is 9.21 Å². The predicted molar refractivity (Wildman–Crippen MR) is 63.3 cm³/mol. The Morgan fingerprint density at radius 3 is 2.93 bits per heavy atom. The average Bonchev–Trinajstić information content (AvgIpc) is 2.73. The van der Waals surface area contributed by atoms with Gasteiger partial charge in [-0.2, -0.15) is 0 Å². The molecule has 0 bridgehead atoms. The van der Waals surface area contributed by atoms with E-state index in [0.717, 1.165) is 5.09 Å². The second kappa shape index (κ2) is 5.66. The van der Waals surface area contributed by atoms with Gasteiger partial charge >= 0.3 is 0 Å². The molecule has 4 heteroatoms. The van der Waals surface area contributed by atoms with E-state index in [1.54, 1.807) is 19.2 Å².